The summed E-state index contributed by atoms with van der Waals surface area (Å²) in [5.41, 5.74) is 1.16. The van der Waals surface area contributed by atoms with Crippen molar-refractivity contribution in [1.82, 2.24) is 9.62 Å². The minimum atomic E-state index is -3.15. The number of fused-ring (bicyclic) bond motifs is 1. The topological polar surface area (TPSA) is 67.9 Å². The Kier molecular flexibility index (Phi) is 5.58. The summed E-state index contributed by atoms with van der Waals surface area (Å²) in [6.07, 6.45) is 4.62. The molecule has 0 amide bonds. The minimum absolute atomic E-state index is 0.0422. The lowest BCUT2D eigenvalue weighted by atomic mass is 9.74. The second kappa shape index (κ2) is 7.79. The summed E-state index contributed by atoms with van der Waals surface area (Å²) in [5, 5.41) is 0. The standard InChI is InChI=1S/C20H30N2O4S/c1-27(23,24)21-12-17-18-13-22(15-20(18)9-8-19(17)26-20)10-5-11-25-14-16-6-3-2-4-7-16/h2-4,6-7,17-19,21H,5,8-15H2,1H3/t17-,18+,19+,20+/m0/s1. The van der Waals surface area contributed by atoms with Crippen LogP contribution >= 0.6 is 0 Å². The average Bonchev–Trinajstić information content (AvgIpc) is 3.28. The minimum Gasteiger partial charge on any atom is -0.377 e. The molecule has 7 heteroatoms. The van der Waals surface area contributed by atoms with Crippen molar-refractivity contribution in [3.8, 4) is 0 Å². The second-order valence-corrected chi connectivity index (χ2v) is 10.1. The van der Waals surface area contributed by atoms with Gasteiger partial charge >= 0.3 is 0 Å². The summed E-state index contributed by atoms with van der Waals surface area (Å²) < 4.78 is 37.8. The molecule has 3 aliphatic heterocycles. The van der Waals surface area contributed by atoms with Gasteiger partial charge < -0.3 is 9.47 Å². The molecular formula is C20H30N2O4S. The van der Waals surface area contributed by atoms with Crippen LogP contribution < -0.4 is 4.72 Å². The first-order valence-corrected chi connectivity index (χ1v) is 11.8. The third-order valence-corrected chi connectivity index (χ3v) is 7.00. The summed E-state index contributed by atoms with van der Waals surface area (Å²) in [6.45, 7) is 4.91. The molecule has 27 heavy (non-hydrogen) atoms. The SMILES string of the molecule is CS(=O)(=O)NC[C@H]1[C@H]2CN(CCCOCc3ccccc3)C[C@]23CC[C@H]1O3. The van der Waals surface area contributed by atoms with Gasteiger partial charge in [-0.3, -0.25) is 4.90 Å². The quantitative estimate of drug-likeness (QED) is 0.645. The van der Waals surface area contributed by atoms with E-state index in [1.807, 2.05) is 18.2 Å². The Bertz CT molecular complexity index is 742. The number of nitrogens with zero attached hydrogens (tertiary/aromatic N) is 1. The third-order valence-electron chi connectivity index (χ3n) is 6.31. The van der Waals surface area contributed by atoms with E-state index in [1.165, 1.54) is 11.8 Å². The van der Waals surface area contributed by atoms with Gasteiger partial charge in [-0.25, -0.2) is 13.1 Å². The van der Waals surface area contributed by atoms with E-state index in [4.69, 9.17) is 9.47 Å². The Morgan fingerprint density at radius 2 is 2.15 bits per heavy atom. The van der Waals surface area contributed by atoms with E-state index in [0.29, 0.717) is 25.0 Å². The fourth-order valence-electron chi connectivity index (χ4n) is 5.13. The lowest BCUT2D eigenvalue weighted by molar-refractivity contribution is 0.00200. The summed E-state index contributed by atoms with van der Waals surface area (Å²) in [5.74, 6) is 0.739. The Morgan fingerprint density at radius 3 is 2.93 bits per heavy atom. The lowest BCUT2D eigenvalue weighted by Crippen LogP contribution is -2.41. The van der Waals surface area contributed by atoms with Crippen molar-refractivity contribution >= 4 is 10.0 Å². The molecule has 1 aromatic rings. The van der Waals surface area contributed by atoms with E-state index in [-0.39, 0.29) is 11.7 Å². The highest BCUT2D eigenvalue weighted by Crippen LogP contribution is 2.54. The first-order valence-electron chi connectivity index (χ1n) is 9.92. The summed E-state index contributed by atoms with van der Waals surface area (Å²) in [6, 6.07) is 10.2. The van der Waals surface area contributed by atoms with Crippen LogP contribution in [0.25, 0.3) is 0 Å². The highest BCUT2D eigenvalue weighted by Gasteiger charge is 2.62. The molecule has 4 atom stereocenters. The van der Waals surface area contributed by atoms with E-state index in [9.17, 15) is 8.42 Å². The second-order valence-electron chi connectivity index (χ2n) is 8.28. The molecule has 0 aromatic heterocycles. The van der Waals surface area contributed by atoms with Crippen LogP contribution in [0, 0.1) is 11.8 Å². The van der Waals surface area contributed by atoms with Crippen molar-refractivity contribution in [3.05, 3.63) is 35.9 Å². The number of hydrogen-bond donors (Lipinski definition) is 1. The van der Waals surface area contributed by atoms with Gasteiger partial charge in [0.2, 0.25) is 10.0 Å². The van der Waals surface area contributed by atoms with Crippen molar-refractivity contribution in [2.75, 3.05) is 39.0 Å². The molecule has 4 rings (SSSR count). The molecule has 3 fully saturated rings. The smallest absolute Gasteiger partial charge is 0.208 e. The molecule has 0 radical (unpaired) electrons. The van der Waals surface area contributed by atoms with Gasteiger partial charge in [-0.05, 0) is 24.8 Å². The zero-order valence-corrected chi connectivity index (χ0v) is 16.8. The van der Waals surface area contributed by atoms with Crippen LogP contribution in [0.15, 0.2) is 30.3 Å². The Balaban J connectivity index is 1.23. The molecule has 1 N–H and O–H groups in total. The van der Waals surface area contributed by atoms with Gasteiger partial charge in [0.1, 0.15) is 0 Å². The lowest BCUT2D eigenvalue weighted by Gasteiger charge is -2.29. The predicted molar refractivity (Wildman–Crippen MR) is 104 cm³/mol. The van der Waals surface area contributed by atoms with Crippen molar-refractivity contribution < 1.29 is 17.9 Å². The maximum atomic E-state index is 11.5. The van der Waals surface area contributed by atoms with Crippen LogP contribution in [-0.4, -0.2) is 64.1 Å². The van der Waals surface area contributed by atoms with Gasteiger partial charge in [-0.1, -0.05) is 30.3 Å². The fourth-order valence-corrected chi connectivity index (χ4v) is 5.63. The molecule has 0 saturated carbocycles. The third kappa shape index (κ3) is 4.38. The number of nitrogens with one attached hydrogen (secondary N) is 1. The molecule has 0 unspecified atom stereocenters. The van der Waals surface area contributed by atoms with Gasteiger partial charge in [-0.15, -0.1) is 0 Å². The molecular weight excluding hydrogens is 364 g/mol. The van der Waals surface area contributed by atoms with Gasteiger partial charge in [0.05, 0.1) is 24.6 Å². The van der Waals surface area contributed by atoms with Crippen LogP contribution in [0.3, 0.4) is 0 Å². The van der Waals surface area contributed by atoms with E-state index < -0.39 is 10.0 Å². The van der Waals surface area contributed by atoms with E-state index in [2.05, 4.69) is 21.8 Å². The number of likely N-dealkylation sites (tertiary alicyclic amines) is 1. The van der Waals surface area contributed by atoms with Crippen molar-refractivity contribution in [2.45, 2.75) is 37.6 Å². The van der Waals surface area contributed by atoms with Gasteiger partial charge in [0.15, 0.2) is 0 Å². The van der Waals surface area contributed by atoms with Gasteiger partial charge in [0, 0.05) is 44.6 Å². The number of benzene rings is 1. The number of sulfonamides is 1. The monoisotopic (exact) mass is 394 g/mol. The largest absolute Gasteiger partial charge is 0.377 e. The van der Waals surface area contributed by atoms with Crippen molar-refractivity contribution in [1.29, 1.82) is 0 Å². The maximum Gasteiger partial charge on any atom is 0.208 e. The molecule has 1 spiro atoms. The Hall–Kier alpha value is -0.990. The van der Waals surface area contributed by atoms with Gasteiger partial charge in [0.25, 0.3) is 0 Å². The number of ether oxygens (including phenoxy) is 2. The summed E-state index contributed by atoms with van der Waals surface area (Å²) in [4.78, 5) is 2.48. The van der Waals surface area contributed by atoms with E-state index >= 15 is 0 Å². The van der Waals surface area contributed by atoms with Gasteiger partial charge in [-0.2, -0.15) is 0 Å². The summed E-state index contributed by atoms with van der Waals surface area (Å²) >= 11 is 0. The fraction of sp³-hybridized carbons (Fsp3) is 0.700. The van der Waals surface area contributed by atoms with E-state index in [1.54, 1.807) is 0 Å². The molecule has 2 bridgehead atoms. The van der Waals surface area contributed by atoms with Crippen molar-refractivity contribution in [2.24, 2.45) is 11.8 Å². The molecule has 6 nitrogen and oxygen atoms in total. The molecule has 3 saturated heterocycles. The zero-order chi connectivity index (χ0) is 18.9. The predicted octanol–water partition coefficient (Wildman–Crippen LogP) is 1.62. The van der Waals surface area contributed by atoms with Crippen LogP contribution in [0.5, 0.6) is 0 Å². The maximum absolute atomic E-state index is 11.5. The zero-order valence-electron chi connectivity index (χ0n) is 16.0. The first-order chi connectivity index (χ1) is 13.0. The van der Waals surface area contributed by atoms with Crippen LogP contribution in [-0.2, 0) is 26.1 Å². The average molecular weight is 395 g/mol. The normalized spacial score (nSPS) is 32.9. The number of rotatable bonds is 9. The first kappa shape index (κ1) is 19.3. The molecule has 1 aromatic carbocycles. The molecule has 150 valence electrons. The molecule has 0 aliphatic carbocycles. The Labute approximate surface area is 162 Å². The highest BCUT2D eigenvalue weighted by atomic mass is 32.2. The van der Waals surface area contributed by atoms with Crippen molar-refractivity contribution in [3.63, 3.8) is 0 Å². The van der Waals surface area contributed by atoms with E-state index in [0.717, 1.165) is 45.5 Å². The van der Waals surface area contributed by atoms with Crippen LogP contribution in [0.4, 0.5) is 0 Å². The Morgan fingerprint density at radius 1 is 1.33 bits per heavy atom. The molecule has 3 aliphatic rings. The number of hydrogen-bond acceptors (Lipinski definition) is 5. The molecule has 3 heterocycles. The van der Waals surface area contributed by atoms with Crippen LogP contribution in [0.1, 0.15) is 24.8 Å². The highest BCUT2D eigenvalue weighted by molar-refractivity contribution is 7.88. The van der Waals surface area contributed by atoms with Crippen LogP contribution in [0.2, 0.25) is 0 Å². The summed E-state index contributed by atoms with van der Waals surface area (Å²) in [7, 11) is -3.15.